The fourth-order valence-corrected chi connectivity index (χ4v) is 2.34. The zero-order chi connectivity index (χ0) is 14.5. The number of esters is 1. The van der Waals surface area contributed by atoms with E-state index in [4.69, 9.17) is 21.1 Å². The summed E-state index contributed by atoms with van der Waals surface area (Å²) in [5, 5.41) is 0.586. The number of hydrogen-bond acceptors (Lipinski definition) is 4. The summed E-state index contributed by atoms with van der Waals surface area (Å²) >= 11 is 6.12. The van der Waals surface area contributed by atoms with E-state index >= 15 is 0 Å². The summed E-state index contributed by atoms with van der Waals surface area (Å²) < 4.78 is 10.4. The molecular weight excluding hydrogens is 282 g/mol. The van der Waals surface area contributed by atoms with Crippen molar-refractivity contribution in [2.75, 3.05) is 26.3 Å². The molecule has 1 atom stereocenters. The van der Waals surface area contributed by atoms with Crippen molar-refractivity contribution in [3.05, 3.63) is 34.9 Å². The molecule has 2 rings (SSSR count). The molecule has 1 fully saturated rings. The second-order valence-corrected chi connectivity index (χ2v) is 4.76. The van der Waals surface area contributed by atoms with Gasteiger partial charge in [-0.1, -0.05) is 29.8 Å². The molecule has 0 aliphatic carbocycles. The molecule has 5 nitrogen and oxygen atoms in total. The topological polar surface area (TPSA) is 55.8 Å². The Balaban J connectivity index is 2.07. The fourth-order valence-electron chi connectivity index (χ4n) is 2.08. The first-order valence-electron chi connectivity index (χ1n) is 6.45. The summed E-state index contributed by atoms with van der Waals surface area (Å²) in [6.07, 6.45) is -0.323. The molecule has 1 aliphatic heterocycles. The Kier molecular flexibility index (Phi) is 4.98. The van der Waals surface area contributed by atoms with Crippen molar-refractivity contribution in [2.24, 2.45) is 0 Å². The van der Waals surface area contributed by atoms with Crippen LogP contribution in [0.2, 0.25) is 5.02 Å². The Bertz CT molecular complexity index is 506. The van der Waals surface area contributed by atoms with Gasteiger partial charge >= 0.3 is 11.9 Å². The largest absolute Gasteiger partial charge is 0.459 e. The van der Waals surface area contributed by atoms with Gasteiger partial charge in [-0.25, -0.2) is 4.79 Å². The smallest absolute Gasteiger partial charge is 0.397 e. The van der Waals surface area contributed by atoms with E-state index in [1.165, 1.54) is 4.90 Å². The minimum atomic E-state index is -0.827. The van der Waals surface area contributed by atoms with Crippen LogP contribution in [0.5, 0.6) is 0 Å². The zero-order valence-corrected chi connectivity index (χ0v) is 11.9. The predicted octanol–water partition coefficient (Wildman–Crippen LogP) is 1.80. The molecule has 1 aliphatic rings. The molecule has 1 aromatic carbocycles. The Labute approximate surface area is 122 Å². The summed E-state index contributed by atoms with van der Waals surface area (Å²) in [4.78, 5) is 24.8. The second-order valence-electron chi connectivity index (χ2n) is 4.35. The first kappa shape index (κ1) is 14.8. The number of morpholine rings is 1. The first-order valence-corrected chi connectivity index (χ1v) is 6.83. The lowest BCUT2D eigenvalue weighted by molar-refractivity contribution is -0.163. The van der Waals surface area contributed by atoms with Gasteiger partial charge in [0.2, 0.25) is 0 Å². The van der Waals surface area contributed by atoms with E-state index in [1.54, 1.807) is 13.0 Å². The van der Waals surface area contributed by atoms with Crippen molar-refractivity contribution in [1.29, 1.82) is 0 Å². The van der Waals surface area contributed by atoms with Gasteiger partial charge in [-0.15, -0.1) is 0 Å². The quantitative estimate of drug-likeness (QED) is 0.617. The van der Waals surface area contributed by atoms with E-state index in [0.29, 0.717) is 24.7 Å². The van der Waals surface area contributed by atoms with Gasteiger partial charge in [0.15, 0.2) is 0 Å². The standard InChI is InChI=1S/C14H16ClNO4/c1-2-19-14(18)13(17)16-7-8-20-12(9-16)10-5-3-4-6-11(10)15/h3-6,12H,2,7-9H2,1H3. The molecule has 6 heteroatoms. The molecule has 0 bridgehead atoms. The van der Waals surface area contributed by atoms with Crippen LogP contribution in [0.25, 0.3) is 0 Å². The lowest BCUT2D eigenvalue weighted by Crippen LogP contribution is -2.45. The number of benzene rings is 1. The van der Waals surface area contributed by atoms with Gasteiger partial charge in [-0.3, -0.25) is 4.79 Å². The number of amides is 1. The van der Waals surface area contributed by atoms with E-state index in [9.17, 15) is 9.59 Å². The average molecular weight is 298 g/mol. The number of halogens is 1. The highest BCUT2D eigenvalue weighted by molar-refractivity contribution is 6.32. The van der Waals surface area contributed by atoms with Crippen molar-refractivity contribution >= 4 is 23.5 Å². The third kappa shape index (κ3) is 3.29. The number of carbonyl (C=O) groups excluding carboxylic acids is 2. The molecule has 20 heavy (non-hydrogen) atoms. The van der Waals surface area contributed by atoms with Crippen molar-refractivity contribution in [3.63, 3.8) is 0 Å². The molecule has 0 aromatic heterocycles. The third-order valence-electron chi connectivity index (χ3n) is 3.06. The van der Waals surface area contributed by atoms with Gasteiger partial charge < -0.3 is 14.4 Å². The van der Waals surface area contributed by atoms with Crippen LogP contribution in [0.4, 0.5) is 0 Å². The highest BCUT2D eigenvalue weighted by atomic mass is 35.5. The van der Waals surface area contributed by atoms with Gasteiger partial charge in [0.05, 0.1) is 19.8 Å². The van der Waals surface area contributed by atoms with Crippen LogP contribution in [0, 0.1) is 0 Å². The van der Waals surface area contributed by atoms with E-state index in [2.05, 4.69) is 0 Å². The molecule has 0 radical (unpaired) electrons. The summed E-state index contributed by atoms with van der Waals surface area (Å²) in [5.41, 5.74) is 0.815. The highest BCUT2D eigenvalue weighted by Crippen LogP contribution is 2.28. The zero-order valence-electron chi connectivity index (χ0n) is 11.2. The Morgan fingerprint density at radius 3 is 2.90 bits per heavy atom. The van der Waals surface area contributed by atoms with Gasteiger partial charge in [-0.05, 0) is 13.0 Å². The van der Waals surface area contributed by atoms with Gasteiger partial charge in [-0.2, -0.15) is 0 Å². The van der Waals surface area contributed by atoms with Crippen molar-refractivity contribution in [2.45, 2.75) is 13.0 Å². The minimum Gasteiger partial charge on any atom is -0.459 e. The van der Waals surface area contributed by atoms with Crippen LogP contribution < -0.4 is 0 Å². The maximum atomic E-state index is 11.9. The monoisotopic (exact) mass is 297 g/mol. The van der Waals surface area contributed by atoms with Crippen LogP contribution in [0.3, 0.4) is 0 Å². The highest BCUT2D eigenvalue weighted by Gasteiger charge is 2.30. The summed E-state index contributed by atoms with van der Waals surface area (Å²) in [6, 6.07) is 7.31. The van der Waals surface area contributed by atoms with E-state index in [1.807, 2.05) is 18.2 Å². The number of carbonyl (C=O) groups is 2. The van der Waals surface area contributed by atoms with Crippen molar-refractivity contribution in [1.82, 2.24) is 4.90 Å². The van der Waals surface area contributed by atoms with Crippen molar-refractivity contribution in [3.8, 4) is 0 Å². The average Bonchev–Trinajstić information content (AvgIpc) is 2.47. The Morgan fingerprint density at radius 2 is 2.20 bits per heavy atom. The molecule has 1 heterocycles. The summed E-state index contributed by atoms with van der Waals surface area (Å²) in [6.45, 7) is 2.88. The molecule has 0 saturated carbocycles. The third-order valence-corrected chi connectivity index (χ3v) is 3.40. The lowest BCUT2D eigenvalue weighted by atomic mass is 10.1. The number of ether oxygens (including phenoxy) is 2. The van der Waals surface area contributed by atoms with Crippen LogP contribution in [0.15, 0.2) is 24.3 Å². The fraction of sp³-hybridized carbons (Fsp3) is 0.429. The lowest BCUT2D eigenvalue weighted by Gasteiger charge is -2.32. The SMILES string of the molecule is CCOC(=O)C(=O)N1CCOC(c2ccccc2Cl)C1. The normalized spacial score (nSPS) is 18.7. The van der Waals surface area contributed by atoms with E-state index in [0.717, 1.165) is 5.56 Å². The molecule has 1 saturated heterocycles. The molecule has 0 N–H and O–H groups in total. The number of hydrogen-bond donors (Lipinski definition) is 0. The van der Waals surface area contributed by atoms with Crippen LogP contribution >= 0.6 is 11.6 Å². The Morgan fingerprint density at radius 1 is 1.45 bits per heavy atom. The van der Waals surface area contributed by atoms with Gasteiger partial charge in [0.25, 0.3) is 0 Å². The van der Waals surface area contributed by atoms with Crippen LogP contribution in [0.1, 0.15) is 18.6 Å². The van der Waals surface area contributed by atoms with Crippen LogP contribution in [-0.2, 0) is 19.1 Å². The number of nitrogens with zero attached hydrogens (tertiary/aromatic N) is 1. The number of rotatable bonds is 2. The molecule has 0 spiro atoms. The van der Waals surface area contributed by atoms with Gasteiger partial charge in [0, 0.05) is 17.1 Å². The predicted molar refractivity (Wildman–Crippen MR) is 73.4 cm³/mol. The molecule has 1 amide bonds. The maximum absolute atomic E-state index is 11.9. The molecule has 1 unspecified atom stereocenters. The second kappa shape index (κ2) is 6.72. The molecule has 1 aromatic rings. The summed E-state index contributed by atoms with van der Waals surface area (Å²) in [7, 11) is 0. The summed E-state index contributed by atoms with van der Waals surface area (Å²) in [5.74, 6) is -1.46. The molecular formula is C14H16ClNO4. The first-order chi connectivity index (χ1) is 9.63. The molecule has 108 valence electrons. The minimum absolute atomic E-state index is 0.183. The van der Waals surface area contributed by atoms with Gasteiger partial charge in [0.1, 0.15) is 6.10 Å². The Hall–Kier alpha value is -1.59. The van der Waals surface area contributed by atoms with E-state index in [-0.39, 0.29) is 12.7 Å². The van der Waals surface area contributed by atoms with Crippen molar-refractivity contribution < 1.29 is 19.1 Å². The van der Waals surface area contributed by atoms with E-state index < -0.39 is 11.9 Å². The van der Waals surface area contributed by atoms with Crippen LogP contribution in [-0.4, -0.2) is 43.1 Å². The maximum Gasteiger partial charge on any atom is 0.397 e.